The number of hydrogen-bond acceptors (Lipinski definition) is 4. The van der Waals surface area contributed by atoms with Crippen LogP contribution in [0.5, 0.6) is 0 Å². The van der Waals surface area contributed by atoms with Crippen molar-refractivity contribution < 1.29 is 9.84 Å². The molecule has 1 atom stereocenters. The van der Waals surface area contributed by atoms with Crippen molar-refractivity contribution >= 4 is 29.9 Å². The number of hydrogen-bond donors (Lipinski definition) is 3. The Labute approximate surface area is 167 Å². The number of rotatable bonds is 10. The monoisotopic (exact) mass is 465 g/mol. The zero-order chi connectivity index (χ0) is 17.4. The van der Waals surface area contributed by atoms with Gasteiger partial charge < -0.3 is 20.5 Å². The van der Waals surface area contributed by atoms with Crippen molar-refractivity contribution in [2.24, 2.45) is 18.0 Å². The second-order valence-corrected chi connectivity index (χ2v) is 6.67. The Kier molecular flexibility index (Phi) is 9.73. The number of ether oxygens (including phenoxy) is 1. The maximum atomic E-state index is 10.6. The van der Waals surface area contributed by atoms with Crippen molar-refractivity contribution in [3.8, 4) is 0 Å². The topological polar surface area (TPSA) is 83.7 Å². The van der Waals surface area contributed by atoms with E-state index >= 15 is 0 Å². The summed E-state index contributed by atoms with van der Waals surface area (Å²) in [7, 11) is 1.83. The number of nitrogens with one attached hydrogen (secondary N) is 2. The lowest BCUT2D eigenvalue weighted by atomic mass is 10.0. The van der Waals surface area contributed by atoms with Crippen molar-refractivity contribution in [2.75, 3.05) is 32.8 Å². The van der Waals surface area contributed by atoms with E-state index in [0.717, 1.165) is 44.2 Å². The Hall–Kier alpha value is -0.870. The number of aliphatic hydroxyl groups is 1. The molecule has 0 saturated heterocycles. The van der Waals surface area contributed by atoms with Gasteiger partial charge in [-0.15, -0.1) is 24.0 Å². The third-order valence-corrected chi connectivity index (χ3v) is 4.02. The fourth-order valence-electron chi connectivity index (χ4n) is 2.28. The fraction of sp³-hybridized carbons (Fsp3) is 0.765. The Balaban J connectivity index is 0.00000312. The molecule has 0 aliphatic heterocycles. The first-order valence-electron chi connectivity index (χ1n) is 8.82. The second kappa shape index (κ2) is 11.0. The predicted octanol–water partition coefficient (Wildman–Crippen LogP) is 1.62. The van der Waals surface area contributed by atoms with Gasteiger partial charge in [0.15, 0.2) is 5.96 Å². The van der Waals surface area contributed by atoms with Crippen LogP contribution < -0.4 is 10.6 Å². The van der Waals surface area contributed by atoms with E-state index in [2.05, 4.69) is 20.7 Å². The predicted molar refractivity (Wildman–Crippen MR) is 110 cm³/mol. The Morgan fingerprint density at radius 3 is 2.84 bits per heavy atom. The van der Waals surface area contributed by atoms with Gasteiger partial charge in [-0.1, -0.05) is 0 Å². The van der Waals surface area contributed by atoms with E-state index in [1.807, 2.05) is 20.2 Å². The molecule has 1 fully saturated rings. The minimum atomic E-state index is -1.04. The minimum absolute atomic E-state index is 0. The molecule has 1 heterocycles. The highest BCUT2D eigenvalue weighted by Gasteiger charge is 2.24. The molecule has 0 aromatic carbocycles. The summed E-state index contributed by atoms with van der Waals surface area (Å²) >= 11 is 0. The fourth-order valence-corrected chi connectivity index (χ4v) is 2.28. The quantitative estimate of drug-likeness (QED) is 0.212. The first-order valence-corrected chi connectivity index (χ1v) is 8.82. The van der Waals surface area contributed by atoms with Crippen LogP contribution in [-0.2, 0) is 17.4 Å². The molecule has 3 N–H and O–H groups in total. The SMILES string of the molecule is CCNC(=NCC(C)(O)c1cnn(C)c1)NCCCOCC1CC1.I. The van der Waals surface area contributed by atoms with Gasteiger partial charge in [0.2, 0.25) is 0 Å². The van der Waals surface area contributed by atoms with Crippen molar-refractivity contribution in [1.29, 1.82) is 0 Å². The van der Waals surface area contributed by atoms with Crippen molar-refractivity contribution in [1.82, 2.24) is 20.4 Å². The molecule has 0 bridgehead atoms. The molecule has 1 aliphatic rings. The van der Waals surface area contributed by atoms with Crippen LogP contribution in [-0.4, -0.2) is 53.7 Å². The summed E-state index contributed by atoms with van der Waals surface area (Å²) < 4.78 is 7.30. The van der Waals surface area contributed by atoms with Gasteiger partial charge in [-0.05, 0) is 39.0 Å². The molecular weight excluding hydrogens is 433 g/mol. The standard InChI is InChI=1S/C17H31N5O2.HI/c1-4-18-16(19-8-5-9-24-12-14-6-7-14)20-13-17(2,23)15-10-21-22(3)11-15;/h10-11,14,23H,4-9,12-13H2,1-3H3,(H2,18,19,20);1H. The van der Waals surface area contributed by atoms with Crippen LogP contribution in [0.3, 0.4) is 0 Å². The second-order valence-electron chi connectivity index (χ2n) is 6.67. The molecular formula is C17H32IN5O2. The van der Waals surface area contributed by atoms with Crippen LogP contribution in [0.25, 0.3) is 0 Å². The van der Waals surface area contributed by atoms with Crippen molar-refractivity contribution in [3.05, 3.63) is 18.0 Å². The average molecular weight is 465 g/mol. The summed E-state index contributed by atoms with van der Waals surface area (Å²) in [5.41, 5.74) is -0.276. The molecule has 0 amide bonds. The molecule has 2 rings (SSSR count). The smallest absolute Gasteiger partial charge is 0.191 e. The summed E-state index contributed by atoms with van der Waals surface area (Å²) in [6, 6.07) is 0. The van der Waals surface area contributed by atoms with Crippen LogP contribution in [0.2, 0.25) is 0 Å². The van der Waals surface area contributed by atoms with E-state index in [1.54, 1.807) is 17.8 Å². The van der Waals surface area contributed by atoms with Gasteiger partial charge in [0.05, 0.1) is 12.7 Å². The van der Waals surface area contributed by atoms with Crippen molar-refractivity contribution in [3.63, 3.8) is 0 Å². The van der Waals surface area contributed by atoms with Gasteiger partial charge in [-0.2, -0.15) is 5.10 Å². The lowest BCUT2D eigenvalue weighted by Crippen LogP contribution is -2.39. The maximum Gasteiger partial charge on any atom is 0.191 e. The Bertz CT molecular complexity index is 529. The van der Waals surface area contributed by atoms with E-state index in [1.165, 1.54) is 12.8 Å². The number of aliphatic imine (C=N–C) groups is 1. The van der Waals surface area contributed by atoms with Crippen LogP contribution in [0.15, 0.2) is 17.4 Å². The minimum Gasteiger partial charge on any atom is -0.383 e. The molecule has 0 spiro atoms. The van der Waals surface area contributed by atoms with E-state index in [4.69, 9.17) is 4.74 Å². The van der Waals surface area contributed by atoms with Crippen molar-refractivity contribution in [2.45, 2.75) is 38.7 Å². The summed E-state index contributed by atoms with van der Waals surface area (Å²) in [4.78, 5) is 4.49. The largest absolute Gasteiger partial charge is 0.383 e. The average Bonchev–Trinajstić information content (AvgIpc) is 3.26. The highest BCUT2D eigenvalue weighted by Crippen LogP contribution is 2.28. The number of nitrogens with zero attached hydrogens (tertiary/aromatic N) is 3. The first-order chi connectivity index (χ1) is 11.5. The maximum absolute atomic E-state index is 10.6. The molecule has 1 saturated carbocycles. The third kappa shape index (κ3) is 8.37. The molecule has 1 aromatic rings. The Morgan fingerprint density at radius 2 is 2.24 bits per heavy atom. The van der Waals surface area contributed by atoms with Crippen LogP contribution >= 0.6 is 24.0 Å². The molecule has 144 valence electrons. The van der Waals surface area contributed by atoms with Gasteiger partial charge in [0.25, 0.3) is 0 Å². The zero-order valence-electron chi connectivity index (χ0n) is 15.5. The van der Waals surface area contributed by atoms with E-state index < -0.39 is 5.60 Å². The molecule has 0 radical (unpaired) electrons. The first kappa shape index (κ1) is 22.2. The van der Waals surface area contributed by atoms with Gasteiger partial charge in [-0.25, -0.2) is 4.99 Å². The number of guanidine groups is 1. The molecule has 8 heteroatoms. The summed E-state index contributed by atoms with van der Waals surface area (Å²) in [6.45, 7) is 7.30. The lowest BCUT2D eigenvalue weighted by Gasteiger charge is -2.20. The summed E-state index contributed by atoms with van der Waals surface area (Å²) in [5.74, 6) is 1.52. The number of aromatic nitrogens is 2. The number of aryl methyl sites for hydroxylation is 1. The molecule has 25 heavy (non-hydrogen) atoms. The lowest BCUT2D eigenvalue weighted by molar-refractivity contribution is 0.0671. The van der Waals surface area contributed by atoms with E-state index in [9.17, 15) is 5.11 Å². The Morgan fingerprint density at radius 1 is 1.48 bits per heavy atom. The molecule has 7 nitrogen and oxygen atoms in total. The van der Waals surface area contributed by atoms with E-state index in [0.29, 0.717) is 5.96 Å². The summed E-state index contributed by atoms with van der Waals surface area (Å²) in [5, 5.41) is 21.2. The molecule has 1 aromatic heterocycles. The highest BCUT2D eigenvalue weighted by molar-refractivity contribution is 14.0. The molecule has 1 aliphatic carbocycles. The number of halogens is 1. The third-order valence-electron chi connectivity index (χ3n) is 4.02. The van der Waals surface area contributed by atoms with Crippen LogP contribution in [0.1, 0.15) is 38.7 Å². The highest BCUT2D eigenvalue weighted by atomic mass is 127. The van der Waals surface area contributed by atoms with Gasteiger partial charge in [0.1, 0.15) is 5.60 Å². The van der Waals surface area contributed by atoms with E-state index in [-0.39, 0.29) is 30.5 Å². The zero-order valence-corrected chi connectivity index (χ0v) is 17.8. The van der Waals surface area contributed by atoms with Gasteiger partial charge in [-0.3, -0.25) is 4.68 Å². The van der Waals surface area contributed by atoms with Crippen LogP contribution in [0.4, 0.5) is 0 Å². The molecule has 1 unspecified atom stereocenters. The normalized spacial score (nSPS) is 16.9. The van der Waals surface area contributed by atoms with Crippen LogP contribution in [0, 0.1) is 5.92 Å². The summed E-state index contributed by atoms with van der Waals surface area (Å²) in [6.07, 6.45) is 7.08. The van der Waals surface area contributed by atoms with Gasteiger partial charge >= 0.3 is 0 Å². The van der Waals surface area contributed by atoms with Gasteiger partial charge in [0, 0.05) is 45.1 Å².